The Hall–Kier alpha value is -2.35. The van der Waals surface area contributed by atoms with E-state index in [4.69, 9.17) is 0 Å². The van der Waals surface area contributed by atoms with Crippen LogP contribution in [0.3, 0.4) is 0 Å². The number of nitrogens with zero attached hydrogens (tertiary/aromatic N) is 3. The highest BCUT2D eigenvalue weighted by atomic mass is 32.2. The number of benzene rings is 1. The van der Waals surface area contributed by atoms with E-state index in [9.17, 15) is 14.9 Å². The molecule has 2 rings (SSSR count). The Morgan fingerprint density at radius 3 is 2.48 bits per heavy atom. The maximum Gasteiger partial charge on any atom is 0.389 e. The number of carbonyl (C=O) groups excluding carboxylic acids is 1. The SMILES string of the molecule is CC(C)(C)Sc1ccc(NC(=O)Cn2ccc([N+](=O)[O-])n2)cc1. The predicted molar refractivity (Wildman–Crippen MR) is 89.6 cm³/mol. The van der Waals surface area contributed by atoms with E-state index in [1.807, 2.05) is 24.3 Å². The van der Waals surface area contributed by atoms with Crippen molar-refractivity contribution >= 4 is 29.2 Å². The van der Waals surface area contributed by atoms with E-state index in [1.165, 1.54) is 16.9 Å². The van der Waals surface area contributed by atoms with Gasteiger partial charge >= 0.3 is 5.82 Å². The minimum absolute atomic E-state index is 0.0771. The molecule has 0 saturated carbocycles. The van der Waals surface area contributed by atoms with Crippen LogP contribution in [0.4, 0.5) is 11.5 Å². The lowest BCUT2D eigenvalue weighted by molar-refractivity contribution is -0.389. The molecule has 0 aliphatic carbocycles. The van der Waals surface area contributed by atoms with E-state index in [0.717, 1.165) is 4.90 Å². The second-order valence-corrected chi connectivity index (χ2v) is 7.82. The first-order valence-corrected chi connectivity index (χ1v) is 7.81. The summed E-state index contributed by atoms with van der Waals surface area (Å²) in [6.07, 6.45) is 1.40. The summed E-state index contributed by atoms with van der Waals surface area (Å²) in [4.78, 5) is 23.0. The van der Waals surface area contributed by atoms with Gasteiger partial charge in [-0.3, -0.25) is 4.79 Å². The van der Waals surface area contributed by atoms with Gasteiger partial charge in [-0.2, -0.15) is 4.68 Å². The van der Waals surface area contributed by atoms with Crippen LogP contribution >= 0.6 is 11.8 Å². The molecule has 0 spiro atoms. The number of amides is 1. The quantitative estimate of drug-likeness (QED) is 0.514. The Balaban J connectivity index is 1.93. The van der Waals surface area contributed by atoms with Gasteiger partial charge < -0.3 is 15.4 Å². The number of rotatable bonds is 5. The van der Waals surface area contributed by atoms with Crippen LogP contribution in [0.25, 0.3) is 0 Å². The first kappa shape index (κ1) is 17.0. The number of carbonyl (C=O) groups is 1. The van der Waals surface area contributed by atoms with Crippen LogP contribution in [0.5, 0.6) is 0 Å². The number of thioether (sulfide) groups is 1. The maximum atomic E-state index is 11.9. The number of hydrogen-bond acceptors (Lipinski definition) is 5. The molecule has 0 radical (unpaired) electrons. The molecule has 8 heteroatoms. The molecule has 0 unspecified atom stereocenters. The molecule has 1 amide bonds. The molecule has 0 fully saturated rings. The molecule has 1 aromatic carbocycles. The van der Waals surface area contributed by atoms with Crippen LogP contribution in [0.15, 0.2) is 41.4 Å². The van der Waals surface area contributed by atoms with E-state index in [0.29, 0.717) is 5.69 Å². The highest BCUT2D eigenvalue weighted by Gasteiger charge is 2.14. The van der Waals surface area contributed by atoms with E-state index >= 15 is 0 Å². The van der Waals surface area contributed by atoms with Crippen molar-refractivity contribution in [2.75, 3.05) is 5.32 Å². The summed E-state index contributed by atoms with van der Waals surface area (Å²) in [5.74, 6) is -0.569. The van der Waals surface area contributed by atoms with Crippen LogP contribution in [0.1, 0.15) is 20.8 Å². The zero-order chi connectivity index (χ0) is 17.0. The molecule has 0 aliphatic rings. The number of nitro groups is 1. The predicted octanol–water partition coefficient (Wildman–Crippen LogP) is 3.32. The Bertz CT molecular complexity index is 704. The zero-order valence-corrected chi connectivity index (χ0v) is 14.0. The first-order chi connectivity index (χ1) is 10.7. The summed E-state index contributed by atoms with van der Waals surface area (Å²) in [6.45, 7) is 6.33. The monoisotopic (exact) mass is 334 g/mol. The van der Waals surface area contributed by atoms with Crippen molar-refractivity contribution in [3.05, 3.63) is 46.6 Å². The molecule has 0 saturated heterocycles. The lowest BCUT2D eigenvalue weighted by Gasteiger charge is -2.17. The third-order valence-electron chi connectivity index (χ3n) is 2.68. The fraction of sp³-hybridized carbons (Fsp3) is 0.333. The topological polar surface area (TPSA) is 90.1 Å². The van der Waals surface area contributed by atoms with Gasteiger partial charge in [0, 0.05) is 15.3 Å². The number of aromatic nitrogens is 2. The van der Waals surface area contributed by atoms with E-state index in [-0.39, 0.29) is 23.0 Å². The van der Waals surface area contributed by atoms with Crippen molar-refractivity contribution in [2.45, 2.75) is 37.0 Å². The summed E-state index contributed by atoms with van der Waals surface area (Å²) in [5, 5.41) is 17.0. The van der Waals surface area contributed by atoms with Crippen molar-refractivity contribution in [1.29, 1.82) is 0 Å². The molecular weight excluding hydrogens is 316 g/mol. The highest BCUT2D eigenvalue weighted by Crippen LogP contribution is 2.32. The van der Waals surface area contributed by atoms with Gasteiger partial charge in [-0.15, -0.1) is 11.8 Å². The third-order valence-corrected chi connectivity index (χ3v) is 3.80. The Morgan fingerprint density at radius 2 is 1.96 bits per heavy atom. The smallest absolute Gasteiger partial charge is 0.358 e. The van der Waals surface area contributed by atoms with Crippen molar-refractivity contribution in [1.82, 2.24) is 9.78 Å². The van der Waals surface area contributed by atoms with E-state index in [2.05, 4.69) is 31.2 Å². The Morgan fingerprint density at radius 1 is 1.30 bits per heavy atom. The van der Waals surface area contributed by atoms with Crippen molar-refractivity contribution in [2.24, 2.45) is 0 Å². The third kappa shape index (κ3) is 5.41. The molecule has 2 aromatic rings. The van der Waals surface area contributed by atoms with E-state index < -0.39 is 4.92 Å². The second-order valence-electron chi connectivity index (χ2n) is 5.92. The molecule has 23 heavy (non-hydrogen) atoms. The fourth-order valence-corrected chi connectivity index (χ4v) is 2.82. The lowest BCUT2D eigenvalue weighted by Crippen LogP contribution is -2.19. The number of hydrogen-bond donors (Lipinski definition) is 1. The van der Waals surface area contributed by atoms with Gasteiger partial charge in [0.2, 0.25) is 5.91 Å². The first-order valence-electron chi connectivity index (χ1n) is 7.00. The summed E-state index contributed by atoms with van der Waals surface area (Å²) in [5.41, 5.74) is 0.676. The molecule has 122 valence electrons. The molecule has 1 N–H and O–H groups in total. The molecule has 0 bridgehead atoms. The average molecular weight is 334 g/mol. The molecule has 1 heterocycles. The number of nitrogens with one attached hydrogen (secondary N) is 1. The van der Waals surface area contributed by atoms with Gasteiger partial charge in [0.05, 0.1) is 17.4 Å². The Labute approximate surface area is 138 Å². The summed E-state index contributed by atoms with van der Waals surface area (Å²) in [6, 6.07) is 8.81. The molecule has 1 aromatic heterocycles. The zero-order valence-electron chi connectivity index (χ0n) is 13.1. The standard InChI is InChI=1S/C15H18N4O3S/c1-15(2,3)23-12-6-4-11(5-7-12)16-14(20)10-18-9-8-13(17-18)19(21)22/h4-9H,10H2,1-3H3,(H,16,20). The Kier molecular flexibility index (Phi) is 5.05. The maximum absolute atomic E-state index is 11.9. The minimum Gasteiger partial charge on any atom is -0.358 e. The minimum atomic E-state index is -0.597. The highest BCUT2D eigenvalue weighted by molar-refractivity contribution is 8.00. The van der Waals surface area contributed by atoms with Crippen molar-refractivity contribution in [3.8, 4) is 0 Å². The molecule has 7 nitrogen and oxygen atoms in total. The van der Waals surface area contributed by atoms with Gasteiger partial charge in [-0.05, 0) is 29.2 Å². The van der Waals surface area contributed by atoms with Crippen molar-refractivity contribution < 1.29 is 9.72 Å². The van der Waals surface area contributed by atoms with Crippen LogP contribution in [0, 0.1) is 10.1 Å². The molecular formula is C15H18N4O3S. The normalized spacial score (nSPS) is 11.3. The van der Waals surface area contributed by atoms with Crippen molar-refractivity contribution in [3.63, 3.8) is 0 Å². The summed E-state index contributed by atoms with van der Waals surface area (Å²) in [7, 11) is 0. The largest absolute Gasteiger partial charge is 0.389 e. The lowest BCUT2D eigenvalue weighted by atomic mass is 10.3. The fourth-order valence-electron chi connectivity index (χ4n) is 1.84. The van der Waals surface area contributed by atoms with Gasteiger partial charge in [-0.1, -0.05) is 20.8 Å². The van der Waals surface area contributed by atoms with Crippen LogP contribution < -0.4 is 5.32 Å². The van der Waals surface area contributed by atoms with Crippen LogP contribution in [0.2, 0.25) is 0 Å². The van der Waals surface area contributed by atoms with Gasteiger partial charge in [0.1, 0.15) is 6.54 Å². The molecule has 0 aliphatic heterocycles. The average Bonchev–Trinajstić information content (AvgIpc) is 2.88. The van der Waals surface area contributed by atoms with Crippen LogP contribution in [-0.4, -0.2) is 25.4 Å². The summed E-state index contributed by atoms with van der Waals surface area (Å²) < 4.78 is 1.36. The van der Waals surface area contributed by atoms with Crippen LogP contribution in [-0.2, 0) is 11.3 Å². The van der Waals surface area contributed by atoms with Gasteiger partial charge in [0.15, 0.2) is 0 Å². The molecule has 0 atom stereocenters. The summed E-state index contributed by atoms with van der Waals surface area (Å²) >= 11 is 1.75. The van der Waals surface area contributed by atoms with Gasteiger partial charge in [-0.25, -0.2) is 0 Å². The second kappa shape index (κ2) is 6.82. The van der Waals surface area contributed by atoms with Gasteiger partial charge in [0.25, 0.3) is 0 Å². The van der Waals surface area contributed by atoms with E-state index in [1.54, 1.807) is 11.8 Å². The number of anilines is 1.